The van der Waals surface area contributed by atoms with Crippen LogP contribution in [-0.2, 0) is 4.79 Å². The van der Waals surface area contributed by atoms with E-state index in [2.05, 4.69) is 15.5 Å². The molecular formula is C18H12FN3O2. The van der Waals surface area contributed by atoms with Crippen molar-refractivity contribution in [2.45, 2.75) is 6.42 Å². The quantitative estimate of drug-likeness (QED) is 0.788. The summed E-state index contributed by atoms with van der Waals surface area (Å²) in [6.07, 6.45) is 0.833. The number of aromatic nitrogens is 1. The Morgan fingerprint density at radius 2 is 2.04 bits per heavy atom. The minimum Gasteiger partial charge on any atom is -0.436 e. The van der Waals surface area contributed by atoms with Crippen molar-refractivity contribution in [2.75, 3.05) is 0 Å². The highest BCUT2D eigenvalue weighted by atomic mass is 19.1. The molecule has 6 heteroatoms. The fourth-order valence-corrected chi connectivity index (χ4v) is 3.18. The molecule has 2 atom stereocenters. The summed E-state index contributed by atoms with van der Waals surface area (Å²) in [7, 11) is 0. The van der Waals surface area contributed by atoms with Crippen LogP contribution in [0.3, 0.4) is 0 Å². The number of benzene rings is 2. The first-order valence-corrected chi connectivity index (χ1v) is 7.74. The van der Waals surface area contributed by atoms with Gasteiger partial charge in [0.25, 0.3) is 0 Å². The lowest BCUT2D eigenvalue weighted by molar-refractivity contribution is -0.122. The fourth-order valence-electron chi connectivity index (χ4n) is 3.18. The molecule has 5 nitrogen and oxygen atoms in total. The molecule has 118 valence electrons. The highest BCUT2D eigenvalue weighted by Crippen LogP contribution is 2.43. The van der Waals surface area contributed by atoms with Crippen LogP contribution in [0.1, 0.15) is 12.0 Å². The third kappa shape index (κ3) is 1.96. The summed E-state index contributed by atoms with van der Waals surface area (Å²) >= 11 is 0. The lowest BCUT2D eigenvalue weighted by Gasteiger charge is -2.11. The molecule has 2 unspecified atom stereocenters. The summed E-state index contributed by atoms with van der Waals surface area (Å²) in [6, 6.07) is 12.0. The average molecular weight is 321 g/mol. The molecule has 0 radical (unpaired) electrons. The lowest BCUT2D eigenvalue weighted by Crippen LogP contribution is -2.28. The summed E-state index contributed by atoms with van der Waals surface area (Å²) in [6.45, 7) is 0. The van der Waals surface area contributed by atoms with Crippen molar-refractivity contribution in [3.63, 3.8) is 0 Å². The second kappa shape index (κ2) is 4.74. The van der Waals surface area contributed by atoms with E-state index >= 15 is 0 Å². The van der Waals surface area contributed by atoms with Crippen LogP contribution in [0, 0.1) is 17.7 Å². The van der Waals surface area contributed by atoms with Crippen molar-refractivity contribution < 1.29 is 13.6 Å². The van der Waals surface area contributed by atoms with Gasteiger partial charge in [0.15, 0.2) is 5.58 Å². The van der Waals surface area contributed by atoms with Crippen LogP contribution in [0.15, 0.2) is 52.0 Å². The molecule has 1 saturated carbocycles. The maximum atomic E-state index is 13.9. The van der Waals surface area contributed by atoms with E-state index in [-0.39, 0.29) is 29.5 Å². The van der Waals surface area contributed by atoms with Gasteiger partial charge in [0, 0.05) is 17.4 Å². The third-order valence-corrected chi connectivity index (χ3v) is 4.55. The zero-order valence-corrected chi connectivity index (χ0v) is 12.5. The largest absolute Gasteiger partial charge is 0.436 e. The van der Waals surface area contributed by atoms with Gasteiger partial charge in [-0.2, -0.15) is 5.10 Å². The van der Waals surface area contributed by atoms with Crippen molar-refractivity contribution >= 4 is 22.7 Å². The number of nitrogens with zero attached hydrogens (tertiary/aromatic N) is 2. The van der Waals surface area contributed by atoms with Crippen LogP contribution < -0.4 is 5.43 Å². The van der Waals surface area contributed by atoms with Crippen LogP contribution in [-0.4, -0.2) is 16.6 Å². The van der Waals surface area contributed by atoms with Gasteiger partial charge < -0.3 is 4.42 Å². The highest BCUT2D eigenvalue weighted by molar-refractivity contribution is 6.10. The Labute approximate surface area is 136 Å². The van der Waals surface area contributed by atoms with Gasteiger partial charge in [-0.25, -0.2) is 14.8 Å². The molecule has 2 aliphatic rings. The van der Waals surface area contributed by atoms with Crippen LogP contribution in [0.25, 0.3) is 22.6 Å². The van der Waals surface area contributed by atoms with E-state index in [1.54, 1.807) is 18.2 Å². The van der Waals surface area contributed by atoms with Crippen molar-refractivity contribution in [1.29, 1.82) is 0 Å². The van der Waals surface area contributed by atoms with Gasteiger partial charge in [-0.05, 0) is 30.7 Å². The summed E-state index contributed by atoms with van der Waals surface area (Å²) in [4.78, 5) is 15.9. The summed E-state index contributed by atoms with van der Waals surface area (Å²) in [5.41, 5.74) is 5.88. The minimum absolute atomic E-state index is 0.00803. The predicted molar refractivity (Wildman–Crippen MR) is 85.7 cm³/mol. The van der Waals surface area contributed by atoms with E-state index < -0.39 is 0 Å². The van der Waals surface area contributed by atoms with Crippen molar-refractivity contribution in [1.82, 2.24) is 10.4 Å². The van der Waals surface area contributed by atoms with Gasteiger partial charge in [0.2, 0.25) is 11.8 Å². The molecule has 1 fully saturated rings. The number of halogens is 1. The number of fused-ring (bicyclic) bond motifs is 2. The molecule has 5 rings (SSSR count). The molecule has 1 aliphatic heterocycles. The van der Waals surface area contributed by atoms with Gasteiger partial charge in [-0.3, -0.25) is 4.79 Å². The molecule has 2 heterocycles. The minimum atomic E-state index is -0.371. The normalized spacial score (nSPS) is 22.0. The molecule has 2 aromatic carbocycles. The number of carbonyl (C=O) groups is 1. The second-order valence-corrected chi connectivity index (χ2v) is 6.10. The smallest absolute Gasteiger partial charge is 0.243 e. The number of carbonyl (C=O) groups excluding carboxylic acids is 1. The predicted octanol–water partition coefficient (Wildman–Crippen LogP) is 3.10. The maximum Gasteiger partial charge on any atom is 0.243 e. The van der Waals surface area contributed by atoms with Gasteiger partial charge in [-0.15, -0.1) is 0 Å². The zero-order chi connectivity index (χ0) is 16.3. The molecule has 0 bridgehead atoms. The van der Waals surface area contributed by atoms with Crippen molar-refractivity contribution in [2.24, 2.45) is 16.9 Å². The molecular weight excluding hydrogens is 309 g/mol. The van der Waals surface area contributed by atoms with E-state index in [1.165, 1.54) is 6.07 Å². The van der Waals surface area contributed by atoms with Crippen LogP contribution in [0.2, 0.25) is 0 Å². The van der Waals surface area contributed by atoms with Gasteiger partial charge in [0.05, 0.1) is 11.3 Å². The average Bonchev–Trinajstić information content (AvgIpc) is 3.28. The number of hydrogen-bond acceptors (Lipinski definition) is 4. The maximum absolute atomic E-state index is 13.9. The number of amides is 1. The van der Waals surface area contributed by atoms with E-state index in [0.29, 0.717) is 16.7 Å². The Balaban J connectivity index is 1.58. The lowest BCUT2D eigenvalue weighted by atomic mass is 10.0. The Morgan fingerprint density at radius 1 is 1.17 bits per heavy atom. The van der Waals surface area contributed by atoms with E-state index in [1.807, 2.05) is 18.2 Å². The van der Waals surface area contributed by atoms with E-state index in [0.717, 1.165) is 17.7 Å². The highest BCUT2D eigenvalue weighted by Gasteiger charge is 2.49. The molecule has 0 spiro atoms. The van der Waals surface area contributed by atoms with Crippen molar-refractivity contribution in [3.8, 4) is 11.5 Å². The molecule has 1 aliphatic carbocycles. The zero-order valence-electron chi connectivity index (χ0n) is 12.5. The Morgan fingerprint density at radius 3 is 2.92 bits per heavy atom. The Hall–Kier alpha value is -3.02. The second-order valence-electron chi connectivity index (χ2n) is 6.10. The molecule has 1 N–H and O–H groups in total. The first kappa shape index (κ1) is 13.4. The Kier molecular flexibility index (Phi) is 2.65. The fraction of sp³-hybridized carbons (Fsp3) is 0.167. The number of nitrogens with one attached hydrogen (secondary N) is 1. The topological polar surface area (TPSA) is 67.5 Å². The number of hydrazone groups is 1. The van der Waals surface area contributed by atoms with Gasteiger partial charge in [-0.1, -0.05) is 18.2 Å². The third-order valence-electron chi connectivity index (χ3n) is 4.55. The van der Waals surface area contributed by atoms with Gasteiger partial charge in [0.1, 0.15) is 11.3 Å². The van der Waals surface area contributed by atoms with Gasteiger partial charge >= 0.3 is 0 Å². The molecule has 0 saturated heterocycles. The first-order valence-electron chi connectivity index (χ1n) is 7.74. The summed E-state index contributed by atoms with van der Waals surface area (Å²) in [5, 5.41) is 4.18. The Bertz CT molecular complexity index is 1020. The summed E-state index contributed by atoms with van der Waals surface area (Å²) < 4.78 is 19.7. The molecule has 3 aromatic rings. The number of hydrogen-bond donors (Lipinski definition) is 1. The van der Waals surface area contributed by atoms with Crippen LogP contribution >= 0.6 is 0 Å². The van der Waals surface area contributed by atoms with Crippen molar-refractivity contribution in [3.05, 3.63) is 53.8 Å². The van der Waals surface area contributed by atoms with Crippen LogP contribution in [0.4, 0.5) is 4.39 Å². The van der Waals surface area contributed by atoms with Crippen LogP contribution in [0.5, 0.6) is 0 Å². The number of rotatable bonds is 2. The molecule has 1 aromatic heterocycles. The first-order chi connectivity index (χ1) is 11.7. The molecule has 24 heavy (non-hydrogen) atoms. The summed E-state index contributed by atoms with van der Waals surface area (Å²) in [5.74, 6) is 0.0984. The SMILES string of the molecule is O=C1NN=C(c2ccc3nc(-c4ccccc4F)oc3c2)C2CC12. The molecule has 1 amide bonds. The van der Waals surface area contributed by atoms with E-state index in [9.17, 15) is 9.18 Å². The standard InChI is InChI=1S/C18H12FN3O2/c19-13-4-2-1-3-10(13)18-20-14-6-5-9(7-15(14)24-18)16-11-8-12(11)17(23)22-21-16/h1-7,11-12H,8H2,(H,22,23). The van der Waals surface area contributed by atoms with E-state index in [4.69, 9.17) is 4.42 Å². The number of oxazole rings is 1. The monoisotopic (exact) mass is 321 g/mol.